The van der Waals surface area contributed by atoms with Gasteiger partial charge in [0.15, 0.2) is 5.03 Å². The minimum Gasteiger partial charge on any atom is -0.444 e. The molecular formula is C17H21BrN4O5. The molecule has 2 aliphatic heterocycles. The second-order valence-electron chi connectivity index (χ2n) is 6.63. The van der Waals surface area contributed by atoms with Gasteiger partial charge in [-0.05, 0) is 19.4 Å². The van der Waals surface area contributed by atoms with Crippen LogP contribution in [0.4, 0.5) is 4.79 Å². The van der Waals surface area contributed by atoms with Crippen LogP contribution in [0.2, 0.25) is 0 Å². The summed E-state index contributed by atoms with van der Waals surface area (Å²) in [6.07, 6.45) is 0.415. The molecule has 146 valence electrons. The number of carbonyl (C=O) groups is 1. The third kappa shape index (κ3) is 4.95. The Balaban J connectivity index is 1.65. The highest BCUT2D eigenvalue weighted by Crippen LogP contribution is 2.23. The van der Waals surface area contributed by atoms with Gasteiger partial charge in [-0.25, -0.2) is 19.8 Å². The van der Waals surface area contributed by atoms with Gasteiger partial charge in [0.1, 0.15) is 11.7 Å². The number of nitro groups is 1. The maximum absolute atomic E-state index is 12.5. The van der Waals surface area contributed by atoms with Gasteiger partial charge in [-0.1, -0.05) is 34.1 Å². The first kappa shape index (κ1) is 19.6. The fourth-order valence-electron chi connectivity index (χ4n) is 3.31. The smallest absolute Gasteiger partial charge is 0.417 e. The first-order valence-corrected chi connectivity index (χ1v) is 9.50. The summed E-state index contributed by atoms with van der Waals surface area (Å²) in [5.74, 6) is 0.282. The molecule has 1 amide bonds. The van der Waals surface area contributed by atoms with E-state index >= 15 is 0 Å². The number of hydrogen-bond donors (Lipinski definition) is 0. The minimum absolute atomic E-state index is 0.0247. The van der Waals surface area contributed by atoms with Crippen LogP contribution in [-0.4, -0.2) is 59.2 Å². The van der Waals surface area contributed by atoms with Crippen molar-refractivity contribution in [2.45, 2.75) is 26.1 Å². The second-order valence-corrected chi connectivity index (χ2v) is 7.48. The Labute approximate surface area is 165 Å². The molecule has 0 N–H and O–H groups in total. The van der Waals surface area contributed by atoms with E-state index in [9.17, 15) is 14.9 Å². The Kier molecular flexibility index (Phi) is 6.27. The number of rotatable bonds is 5. The molecule has 0 aliphatic carbocycles. The molecule has 27 heavy (non-hydrogen) atoms. The van der Waals surface area contributed by atoms with Crippen LogP contribution in [0.25, 0.3) is 0 Å². The Morgan fingerprint density at radius 3 is 2.89 bits per heavy atom. The molecule has 2 fully saturated rings. The molecule has 2 saturated heterocycles. The lowest BCUT2D eigenvalue weighted by molar-refractivity contribution is -0.486. The monoisotopic (exact) mass is 440 g/mol. The van der Waals surface area contributed by atoms with Crippen LogP contribution in [-0.2, 0) is 16.1 Å². The molecule has 3 rings (SSSR count). The molecule has 2 unspecified atom stereocenters. The summed E-state index contributed by atoms with van der Waals surface area (Å²) in [6.45, 7) is 4.01. The van der Waals surface area contributed by atoms with Crippen molar-refractivity contribution in [1.82, 2.24) is 9.80 Å². The van der Waals surface area contributed by atoms with E-state index in [1.54, 1.807) is 4.90 Å². The van der Waals surface area contributed by atoms with E-state index in [1.165, 1.54) is 4.90 Å². The normalized spacial score (nSPS) is 23.9. The lowest BCUT2D eigenvalue weighted by Crippen LogP contribution is -2.40. The van der Waals surface area contributed by atoms with Gasteiger partial charge in [0, 0.05) is 29.0 Å². The van der Waals surface area contributed by atoms with Crippen LogP contribution in [0, 0.1) is 16.0 Å². The van der Waals surface area contributed by atoms with Gasteiger partial charge in [-0.2, -0.15) is 0 Å². The van der Waals surface area contributed by atoms with Crippen molar-refractivity contribution in [3.05, 3.63) is 44.4 Å². The van der Waals surface area contributed by atoms with E-state index in [4.69, 9.17) is 9.47 Å². The van der Waals surface area contributed by atoms with E-state index in [1.807, 2.05) is 31.2 Å². The van der Waals surface area contributed by atoms with Gasteiger partial charge in [0.2, 0.25) is 0 Å². The van der Waals surface area contributed by atoms with E-state index in [-0.39, 0.29) is 24.6 Å². The number of nitrogens with zero attached hydrogens (tertiary/aromatic N) is 4. The average molecular weight is 441 g/mol. The number of hydrogen-bond acceptors (Lipinski definition) is 5. The van der Waals surface area contributed by atoms with Gasteiger partial charge in [0.25, 0.3) is 5.96 Å². The number of amides is 1. The standard InChI is InChI=1S/C17H21BrN4O5/c1-12-8-13(10-26-12)9-20-6-7-21(16(20)19-22(24)25)17(23)27-11-14-4-2-3-5-15(14)18/h2-5,12-13H,6-11H2,1H3. The van der Waals surface area contributed by atoms with Gasteiger partial charge in [0.05, 0.1) is 19.3 Å². The second kappa shape index (κ2) is 8.66. The van der Waals surface area contributed by atoms with Gasteiger partial charge in [-0.15, -0.1) is 0 Å². The summed E-state index contributed by atoms with van der Waals surface area (Å²) in [5.41, 5.74) is 0.812. The van der Waals surface area contributed by atoms with Crippen LogP contribution < -0.4 is 0 Å². The predicted octanol–water partition coefficient (Wildman–Crippen LogP) is 2.68. The quantitative estimate of drug-likeness (QED) is 0.515. The number of carbonyl (C=O) groups excluding carboxylic acids is 1. The van der Waals surface area contributed by atoms with E-state index < -0.39 is 11.1 Å². The molecule has 1 aromatic carbocycles. The van der Waals surface area contributed by atoms with Crippen LogP contribution in [0.1, 0.15) is 18.9 Å². The Morgan fingerprint density at radius 2 is 2.22 bits per heavy atom. The number of benzene rings is 1. The Morgan fingerprint density at radius 1 is 1.44 bits per heavy atom. The lowest BCUT2D eigenvalue weighted by Gasteiger charge is -2.21. The van der Waals surface area contributed by atoms with Crippen LogP contribution >= 0.6 is 15.9 Å². The Bertz CT molecular complexity index is 744. The van der Waals surface area contributed by atoms with Crippen molar-refractivity contribution < 1.29 is 19.3 Å². The van der Waals surface area contributed by atoms with Crippen molar-refractivity contribution in [3.63, 3.8) is 0 Å². The molecule has 0 bridgehead atoms. The summed E-state index contributed by atoms with van der Waals surface area (Å²) in [6, 6.07) is 7.39. The third-order valence-electron chi connectivity index (χ3n) is 4.58. The molecule has 2 atom stereocenters. The zero-order valence-electron chi connectivity index (χ0n) is 14.9. The van der Waals surface area contributed by atoms with Crippen molar-refractivity contribution in [2.24, 2.45) is 11.0 Å². The average Bonchev–Trinajstić information content (AvgIpc) is 3.20. The van der Waals surface area contributed by atoms with Crippen molar-refractivity contribution in [3.8, 4) is 0 Å². The molecule has 0 aromatic heterocycles. The maximum Gasteiger partial charge on any atom is 0.417 e. The van der Waals surface area contributed by atoms with Gasteiger partial charge in [-0.3, -0.25) is 0 Å². The fraction of sp³-hybridized carbons (Fsp3) is 0.529. The molecule has 2 heterocycles. The Hall–Kier alpha value is -2.20. The van der Waals surface area contributed by atoms with Crippen LogP contribution in [0.5, 0.6) is 0 Å². The molecule has 1 aromatic rings. The first-order valence-electron chi connectivity index (χ1n) is 8.71. The third-order valence-corrected chi connectivity index (χ3v) is 5.35. The van der Waals surface area contributed by atoms with Crippen molar-refractivity contribution in [2.75, 3.05) is 26.2 Å². The van der Waals surface area contributed by atoms with Gasteiger partial charge < -0.3 is 14.4 Å². The van der Waals surface area contributed by atoms with E-state index in [0.29, 0.717) is 26.2 Å². The van der Waals surface area contributed by atoms with E-state index in [2.05, 4.69) is 21.0 Å². The molecule has 0 radical (unpaired) electrons. The van der Waals surface area contributed by atoms with Crippen LogP contribution in [0.15, 0.2) is 33.8 Å². The molecule has 9 nitrogen and oxygen atoms in total. The van der Waals surface area contributed by atoms with E-state index in [0.717, 1.165) is 16.5 Å². The van der Waals surface area contributed by atoms with Crippen molar-refractivity contribution in [1.29, 1.82) is 0 Å². The zero-order valence-corrected chi connectivity index (χ0v) is 16.5. The topological polar surface area (TPSA) is 97.5 Å². The van der Waals surface area contributed by atoms with Crippen molar-refractivity contribution >= 4 is 28.0 Å². The number of guanidine groups is 1. The number of ether oxygens (including phenoxy) is 2. The lowest BCUT2D eigenvalue weighted by atomic mass is 10.1. The largest absolute Gasteiger partial charge is 0.444 e. The fourth-order valence-corrected chi connectivity index (χ4v) is 3.70. The minimum atomic E-state index is -0.782. The maximum atomic E-state index is 12.5. The zero-order chi connectivity index (χ0) is 19.4. The summed E-state index contributed by atoms with van der Waals surface area (Å²) >= 11 is 3.40. The van der Waals surface area contributed by atoms with Gasteiger partial charge >= 0.3 is 6.09 Å². The summed E-state index contributed by atoms with van der Waals surface area (Å²) < 4.78 is 11.7. The molecule has 0 spiro atoms. The number of halogens is 1. The highest BCUT2D eigenvalue weighted by Gasteiger charge is 2.37. The number of hydrazone groups is 1. The van der Waals surface area contributed by atoms with Crippen LogP contribution in [0.3, 0.4) is 0 Å². The summed E-state index contributed by atoms with van der Waals surface area (Å²) in [4.78, 5) is 26.4. The molecular weight excluding hydrogens is 420 g/mol. The molecule has 10 heteroatoms. The summed E-state index contributed by atoms with van der Waals surface area (Å²) in [5, 5.41) is 13.6. The first-order chi connectivity index (χ1) is 12.9. The summed E-state index contributed by atoms with van der Waals surface area (Å²) in [7, 11) is 0. The SMILES string of the molecule is CC1CC(CN2CCN(C(=O)OCc3ccccc3Br)C2=N[N+](=O)[O-])CO1. The highest BCUT2D eigenvalue weighted by molar-refractivity contribution is 9.10. The predicted molar refractivity (Wildman–Crippen MR) is 101 cm³/mol. The molecule has 2 aliphatic rings. The highest BCUT2D eigenvalue weighted by atomic mass is 79.9. The molecule has 0 saturated carbocycles.